The molecule has 5 heteroatoms. The molecule has 51 valence electrons. The van der Waals surface area contributed by atoms with Crippen molar-refractivity contribution >= 4 is 61.5 Å². The van der Waals surface area contributed by atoms with Gasteiger partial charge in [-0.1, -0.05) is 13.3 Å². The van der Waals surface area contributed by atoms with Crippen LogP contribution in [0, 0.1) is 0 Å². The van der Waals surface area contributed by atoms with E-state index < -0.39 is 10.1 Å². The summed E-state index contributed by atoms with van der Waals surface area (Å²) in [5.41, 5.74) is 0. The van der Waals surface area contributed by atoms with Gasteiger partial charge in [-0.25, -0.2) is 0 Å². The maximum Gasteiger partial charge on any atom is 0.264 e. The second-order valence-electron chi connectivity index (χ2n) is 1.64. The minimum atomic E-state index is -3.69. The molecule has 0 saturated carbocycles. The monoisotopic (exact) mass is 177 g/mol. The zero-order valence-corrected chi connectivity index (χ0v) is 9.73. The molecule has 0 atom stereocenters. The van der Waals surface area contributed by atoms with Crippen molar-refractivity contribution in [1.82, 2.24) is 0 Å². The van der Waals surface area contributed by atoms with E-state index in [1.165, 1.54) is 0 Å². The van der Waals surface area contributed by atoms with Crippen LogP contribution >= 0.6 is 0 Å². The topological polar surface area (TPSA) is 54.4 Å². The van der Waals surface area contributed by atoms with Crippen LogP contribution < -0.4 is 0 Å². The van der Waals surface area contributed by atoms with Crippen LogP contribution in [0.15, 0.2) is 0 Å². The maximum absolute atomic E-state index is 9.95. The van der Waals surface area contributed by atoms with Crippen LogP contribution in [0.25, 0.3) is 0 Å². The Morgan fingerprint density at radius 2 is 1.89 bits per heavy atom. The van der Waals surface area contributed by atoms with Crippen molar-refractivity contribution < 1.29 is 13.0 Å². The number of hydrogen-bond donors (Lipinski definition) is 1. The molecule has 9 heavy (non-hydrogen) atoms. The van der Waals surface area contributed by atoms with Crippen LogP contribution in [0.4, 0.5) is 0 Å². The van der Waals surface area contributed by atoms with Crippen molar-refractivity contribution in [3.05, 3.63) is 0 Å². The first-order valence-electron chi connectivity index (χ1n) is 2.51. The molecule has 1 radical (unpaired) electrons. The third kappa shape index (κ3) is 12.7. The Labute approximate surface area is 98.4 Å². The largest absolute Gasteiger partial charge is 0.286 e. The molecule has 0 aliphatic heterocycles. The normalized spacial score (nSPS) is 10.4. The molecular weight excluding hydrogens is 167 g/mol. The molecule has 0 fully saturated rings. The predicted octanol–water partition coefficient (Wildman–Crippen LogP) is 0.294. The summed E-state index contributed by atoms with van der Waals surface area (Å²) in [4.78, 5) is 0. The molecule has 0 rings (SSSR count). The van der Waals surface area contributed by atoms with Gasteiger partial charge in [-0.3, -0.25) is 4.55 Å². The Balaban J connectivity index is 0. The van der Waals surface area contributed by atoms with Gasteiger partial charge in [-0.2, -0.15) is 8.42 Å². The Hall–Kier alpha value is 1.55. The summed E-state index contributed by atoms with van der Waals surface area (Å²) in [5.74, 6) is -0.108. The van der Waals surface area contributed by atoms with Gasteiger partial charge in [-0.15, -0.1) is 0 Å². The minimum Gasteiger partial charge on any atom is -0.286 e. The molecule has 1 N–H and O–H groups in total. The Morgan fingerprint density at radius 1 is 1.44 bits per heavy atom. The zero-order valence-electron chi connectivity index (χ0n) is 5.79. The Bertz CT molecular complexity index is 140. The average Bonchev–Trinajstić information content (AvgIpc) is 1.59. The van der Waals surface area contributed by atoms with Crippen molar-refractivity contribution in [3.8, 4) is 0 Å². The van der Waals surface area contributed by atoms with Gasteiger partial charge in [-0.05, 0) is 6.42 Å². The van der Waals surface area contributed by atoms with Gasteiger partial charge < -0.3 is 0 Å². The third-order valence-corrected chi connectivity index (χ3v) is 1.56. The Kier molecular flexibility index (Phi) is 9.17. The van der Waals surface area contributed by atoms with E-state index in [0.29, 0.717) is 6.42 Å². The van der Waals surface area contributed by atoms with Crippen molar-refractivity contribution in [2.24, 2.45) is 0 Å². The van der Waals surface area contributed by atoms with Gasteiger partial charge in [0.1, 0.15) is 0 Å². The van der Waals surface area contributed by atoms with Gasteiger partial charge in [0.15, 0.2) is 0 Å². The second kappa shape index (κ2) is 6.27. The van der Waals surface area contributed by atoms with E-state index in [0.717, 1.165) is 6.42 Å². The van der Waals surface area contributed by atoms with Crippen molar-refractivity contribution in [2.75, 3.05) is 5.75 Å². The average molecular weight is 177 g/mol. The van der Waals surface area contributed by atoms with Crippen LogP contribution in [-0.2, 0) is 10.1 Å². The molecule has 3 nitrogen and oxygen atoms in total. The van der Waals surface area contributed by atoms with Gasteiger partial charge >= 0.3 is 0 Å². The molecule has 0 spiro atoms. The minimum absolute atomic E-state index is 0. The number of rotatable bonds is 3. The van der Waals surface area contributed by atoms with Crippen molar-refractivity contribution in [2.45, 2.75) is 19.8 Å². The van der Waals surface area contributed by atoms with Crippen LogP contribution in [0.2, 0.25) is 0 Å². The number of hydrogen-bond acceptors (Lipinski definition) is 2. The third-order valence-electron chi connectivity index (χ3n) is 0.756. The quantitative estimate of drug-likeness (QED) is 0.498. The van der Waals surface area contributed by atoms with Gasteiger partial charge in [0.25, 0.3) is 10.1 Å². The zero-order chi connectivity index (χ0) is 6.62. The Morgan fingerprint density at radius 3 is 2.00 bits per heavy atom. The first-order valence-corrected chi connectivity index (χ1v) is 4.12. The standard InChI is InChI=1S/C4H10O3S.K/c1-2-3-4-8(5,6)7;/h2-4H2,1H3,(H,5,6,7);. The summed E-state index contributed by atoms with van der Waals surface area (Å²) in [5, 5.41) is 0. The van der Waals surface area contributed by atoms with Crippen LogP contribution in [0.5, 0.6) is 0 Å². The fourth-order valence-corrected chi connectivity index (χ4v) is 0.980. The van der Waals surface area contributed by atoms with Crippen molar-refractivity contribution in [3.63, 3.8) is 0 Å². The molecule has 0 unspecified atom stereocenters. The summed E-state index contributed by atoms with van der Waals surface area (Å²) in [6, 6.07) is 0. The molecule has 0 aromatic heterocycles. The summed E-state index contributed by atoms with van der Waals surface area (Å²) in [6.07, 6.45) is 1.33. The van der Waals surface area contributed by atoms with Gasteiger partial charge in [0.05, 0.1) is 5.75 Å². The summed E-state index contributed by atoms with van der Waals surface area (Å²) in [7, 11) is -3.69. The molecule has 0 aromatic rings. The smallest absolute Gasteiger partial charge is 0.264 e. The first-order chi connectivity index (χ1) is 3.56. The summed E-state index contributed by atoms with van der Waals surface area (Å²) in [6.45, 7) is 1.87. The molecule has 0 aliphatic rings. The van der Waals surface area contributed by atoms with Crippen molar-refractivity contribution in [1.29, 1.82) is 0 Å². The first kappa shape index (κ1) is 13.2. The van der Waals surface area contributed by atoms with E-state index >= 15 is 0 Å². The summed E-state index contributed by atoms with van der Waals surface area (Å²) >= 11 is 0. The molecular formula is C4H10KO3S. The van der Waals surface area contributed by atoms with E-state index in [4.69, 9.17) is 4.55 Å². The SMILES string of the molecule is CCCCS(=O)(=O)O.[K]. The van der Waals surface area contributed by atoms with E-state index in [1.807, 2.05) is 6.92 Å². The van der Waals surface area contributed by atoms with Crippen LogP contribution in [0.3, 0.4) is 0 Å². The number of unbranched alkanes of at least 4 members (excludes halogenated alkanes) is 1. The predicted molar refractivity (Wildman–Crippen MR) is 37.1 cm³/mol. The van der Waals surface area contributed by atoms with Crippen LogP contribution in [-0.4, -0.2) is 70.1 Å². The van der Waals surface area contributed by atoms with E-state index in [9.17, 15) is 8.42 Å². The van der Waals surface area contributed by atoms with Gasteiger partial charge in [0.2, 0.25) is 0 Å². The maximum atomic E-state index is 9.95. The molecule has 0 aliphatic carbocycles. The second-order valence-corrected chi connectivity index (χ2v) is 3.21. The molecule has 0 bridgehead atoms. The molecule has 0 saturated heterocycles. The molecule has 0 heterocycles. The van der Waals surface area contributed by atoms with E-state index in [2.05, 4.69) is 0 Å². The van der Waals surface area contributed by atoms with Gasteiger partial charge in [0, 0.05) is 51.4 Å². The fourth-order valence-electron chi connectivity index (χ4n) is 0.327. The molecule has 0 aromatic carbocycles. The fraction of sp³-hybridized carbons (Fsp3) is 1.00. The van der Waals surface area contributed by atoms with E-state index in [-0.39, 0.29) is 57.1 Å². The summed E-state index contributed by atoms with van der Waals surface area (Å²) < 4.78 is 28.0. The van der Waals surface area contributed by atoms with Crippen LogP contribution in [0.1, 0.15) is 19.8 Å². The molecule has 0 amide bonds. The van der Waals surface area contributed by atoms with E-state index in [1.54, 1.807) is 0 Å².